The first-order chi connectivity index (χ1) is 11.2. The van der Waals surface area contributed by atoms with Crippen LogP contribution in [0.1, 0.15) is 42.2 Å². The van der Waals surface area contributed by atoms with E-state index in [1.54, 1.807) is 0 Å². The highest BCUT2D eigenvalue weighted by molar-refractivity contribution is 7.99. The third-order valence-electron chi connectivity index (χ3n) is 4.51. The summed E-state index contributed by atoms with van der Waals surface area (Å²) >= 11 is 2.05. The molecule has 124 valence electrons. The smallest absolute Gasteiger partial charge is 0.147 e. The van der Waals surface area contributed by atoms with Gasteiger partial charge < -0.3 is 4.57 Å². The second kappa shape index (κ2) is 7.49. The van der Waals surface area contributed by atoms with Crippen molar-refractivity contribution >= 4 is 11.8 Å². The van der Waals surface area contributed by atoms with Crippen molar-refractivity contribution in [2.24, 2.45) is 0 Å². The predicted octanol–water partition coefficient (Wildman–Crippen LogP) is 3.60. The maximum absolute atomic E-state index is 4.44. The molecule has 23 heavy (non-hydrogen) atoms. The van der Waals surface area contributed by atoms with Gasteiger partial charge >= 0.3 is 0 Å². The van der Waals surface area contributed by atoms with Gasteiger partial charge in [0.2, 0.25) is 0 Å². The van der Waals surface area contributed by atoms with Gasteiger partial charge in [-0.25, -0.2) is 0 Å². The van der Waals surface area contributed by atoms with Gasteiger partial charge in [0.1, 0.15) is 11.6 Å². The van der Waals surface area contributed by atoms with Crippen LogP contribution in [0.2, 0.25) is 0 Å². The fourth-order valence-corrected chi connectivity index (χ4v) is 4.32. The Morgan fingerprint density at radius 2 is 1.96 bits per heavy atom. The van der Waals surface area contributed by atoms with E-state index in [2.05, 4.69) is 76.5 Å². The lowest BCUT2D eigenvalue weighted by molar-refractivity contribution is 0.203. The molecule has 1 aliphatic rings. The van der Waals surface area contributed by atoms with Gasteiger partial charge in [0, 0.05) is 30.6 Å². The minimum atomic E-state index is 0.474. The minimum Gasteiger partial charge on any atom is -0.314 e. The maximum Gasteiger partial charge on any atom is 0.147 e. The Balaban J connectivity index is 1.80. The zero-order chi connectivity index (χ0) is 16.2. The van der Waals surface area contributed by atoms with E-state index in [0.717, 1.165) is 43.5 Å². The van der Waals surface area contributed by atoms with Gasteiger partial charge in [-0.2, -0.15) is 11.8 Å². The van der Waals surface area contributed by atoms with Gasteiger partial charge in [0.25, 0.3) is 0 Å². The molecule has 1 aromatic heterocycles. The van der Waals surface area contributed by atoms with Crippen molar-refractivity contribution in [3.8, 4) is 0 Å². The van der Waals surface area contributed by atoms with Crippen molar-refractivity contribution in [1.82, 2.24) is 19.7 Å². The number of benzene rings is 1. The number of nitrogens with zero attached hydrogens (tertiary/aromatic N) is 4. The quantitative estimate of drug-likeness (QED) is 0.839. The van der Waals surface area contributed by atoms with Crippen molar-refractivity contribution in [2.45, 2.75) is 46.3 Å². The molecular weight excluding hydrogens is 304 g/mol. The van der Waals surface area contributed by atoms with Crippen LogP contribution in [0.25, 0.3) is 0 Å². The summed E-state index contributed by atoms with van der Waals surface area (Å²) < 4.78 is 2.27. The molecule has 2 heterocycles. The van der Waals surface area contributed by atoms with Gasteiger partial charge in [-0.1, -0.05) is 36.8 Å². The molecule has 1 fully saturated rings. The van der Waals surface area contributed by atoms with Gasteiger partial charge in [-0.15, -0.1) is 10.2 Å². The molecule has 1 aromatic carbocycles. The Kier molecular flexibility index (Phi) is 5.38. The summed E-state index contributed by atoms with van der Waals surface area (Å²) in [6.45, 7) is 9.41. The van der Waals surface area contributed by atoms with Crippen LogP contribution in [-0.4, -0.2) is 37.7 Å². The molecule has 0 unspecified atom stereocenters. The number of aromatic nitrogens is 3. The standard InChI is InChI=1S/C18H26N4S/c1-4-9-22-15(3)19-20-18(22)12-21-10-11-23-13-17(21)16-7-5-14(2)6-8-16/h5-8,17H,4,9-13H2,1-3H3/t17-/m0/s1. The predicted molar refractivity (Wildman–Crippen MR) is 96.7 cm³/mol. The average Bonchev–Trinajstić information content (AvgIpc) is 2.90. The molecule has 0 bridgehead atoms. The lowest BCUT2D eigenvalue weighted by Gasteiger charge is -2.35. The monoisotopic (exact) mass is 330 g/mol. The molecule has 0 saturated carbocycles. The molecule has 5 heteroatoms. The molecule has 1 saturated heterocycles. The molecule has 3 rings (SSSR count). The van der Waals surface area contributed by atoms with Crippen molar-refractivity contribution < 1.29 is 0 Å². The number of hydrogen-bond donors (Lipinski definition) is 0. The summed E-state index contributed by atoms with van der Waals surface area (Å²) in [5, 5.41) is 8.73. The Labute approximate surface area is 143 Å². The Morgan fingerprint density at radius 1 is 1.17 bits per heavy atom. The second-order valence-corrected chi connectivity index (χ2v) is 7.44. The summed E-state index contributed by atoms with van der Waals surface area (Å²) in [5.41, 5.74) is 2.74. The average molecular weight is 331 g/mol. The maximum atomic E-state index is 4.44. The summed E-state index contributed by atoms with van der Waals surface area (Å²) in [4.78, 5) is 2.57. The topological polar surface area (TPSA) is 34.0 Å². The van der Waals surface area contributed by atoms with E-state index in [1.807, 2.05) is 0 Å². The molecule has 4 nitrogen and oxygen atoms in total. The molecule has 0 aliphatic carbocycles. The molecule has 2 aromatic rings. The second-order valence-electron chi connectivity index (χ2n) is 6.29. The Bertz CT molecular complexity index is 635. The number of rotatable bonds is 5. The van der Waals surface area contributed by atoms with Crippen LogP contribution in [0.5, 0.6) is 0 Å². The number of hydrogen-bond acceptors (Lipinski definition) is 4. The van der Waals surface area contributed by atoms with Gasteiger partial charge in [0.05, 0.1) is 6.54 Å². The first-order valence-electron chi connectivity index (χ1n) is 8.46. The van der Waals surface area contributed by atoms with E-state index in [9.17, 15) is 0 Å². The normalized spacial score (nSPS) is 19.2. The molecular formula is C18H26N4S. The van der Waals surface area contributed by atoms with E-state index in [1.165, 1.54) is 16.9 Å². The van der Waals surface area contributed by atoms with E-state index in [-0.39, 0.29) is 0 Å². The molecule has 0 spiro atoms. The Hall–Kier alpha value is -1.33. The highest BCUT2D eigenvalue weighted by Gasteiger charge is 2.26. The third-order valence-corrected chi connectivity index (χ3v) is 5.53. The van der Waals surface area contributed by atoms with Crippen LogP contribution in [0.4, 0.5) is 0 Å². The fourth-order valence-electron chi connectivity index (χ4n) is 3.16. The highest BCUT2D eigenvalue weighted by atomic mass is 32.2. The van der Waals surface area contributed by atoms with Crippen molar-refractivity contribution in [3.63, 3.8) is 0 Å². The van der Waals surface area contributed by atoms with Crippen LogP contribution >= 0.6 is 11.8 Å². The Morgan fingerprint density at radius 3 is 2.70 bits per heavy atom. The lowest BCUT2D eigenvalue weighted by Crippen LogP contribution is -2.36. The highest BCUT2D eigenvalue weighted by Crippen LogP contribution is 2.30. The van der Waals surface area contributed by atoms with E-state index in [0.29, 0.717) is 6.04 Å². The van der Waals surface area contributed by atoms with E-state index < -0.39 is 0 Å². The first-order valence-corrected chi connectivity index (χ1v) is 9.61. The third kappa shape index (κ3) is 3.78. The van der Waals surface area contributed by atoms with Gasteiger partial charge in [0.15, 0.2) is 0 Å². The zero-order valence-corrected chi connectivity index (χ0v) is 15.1. The fraction of sp³-hybridized carbons (Fsp3) is 0.556. The van der Waals surface area contributed by atoms with E-state index in [4.69, 9.17) is 0 Å². The van der Waals surface area contributed by atoms with Crippen LogP contribution in [0.3, 0.4) is 0 Å². The largest absolute Gasteiger partial charge is 0.314 e. The first kappa shape index (κ1) is 16.5. The molecule has 0 amide bonds. The lowest BCUT2D eigenvalue weighted by atomic mass is 10.0. The SMILES string of the molecule is CCCn1c(C)nnc1CN1CCSC[C@H]1c1ccc(C)cc1. The van der Waals surface area contributed by atoms with Gasteiger partial charge in [-0.3, -0.25) is 4.90 Å². The van der Waals surface area contributed by atoms with Crippen LogP contribution in [0, 0.1) is 13.8 Å². The van der Waals surface area contributed by atoms with Crippen LogP contribution in [0.15, 0.2) is 24.3 Å². The number of aryl methyl sites for hydroxylation is 2. The van der Waals surface area contributed by atoms with Crippen molar-refractivity contribution in [1.29, 1.82) is 0 Å². The van der Waals surface area contributed by atoms with Crippen LogP contribution < -0.4 is 0 Å². The molecule has 0 radical (unpaired) electrons. The zero-order valence-electron chi connectivity index (χ0n) is 14.3. The summed E-state index contributed by atoms with van der Waals surface area (Å²) in [5.74, 6) is 4.49. The van der Waals surface area contributed by atoms with E-state index >= 15 is 0 Å². The molecule has 1 atom stereocenters. The van der Waals surface area contributed by atoms with Crippen molar-refractivity contribution in [2.75, 3.05) is 18.1 Å². The summed E-state index contributed by atoms with van der Waals surface area (Å²) in [6, 6.07) is 9.47. The van der Waals surface area contributed by atoms with Gasteiger partial charge in [-0.05, 0) is 25.8 Å². The van der Waals surface area contributed by atoms with Crippen molar-refractivity contribution in [3.05, 3.63) is 47.0 Å². The number of thioether (sulfide) groups is 1. The summed E-state index contributed by atoms with van der Waals surface area (Å²) in [7, 11) is 0. The molecule has 1 aliphatic heterocycles. The summed E-state index contributed by atoms with van der Waals surface area (Å²) in [6.07, 6.45) is 1.11. The van der Waals surface area contributed by atoms with Crippen LogP contribution in [-0.2, 0) is 13.1 Å². The minimum absolute atomic E-state index is 0.474. The molecule has 0 N–H and O–H groups in total.